The molecule has 0 aliphatic carbocycles. The van der Waals surface area contributed by atoms with Gasteiger partial charge in [0.25, 0.3) is 5.91 Å². The maximum Gasteiger partial charge on any atom is 0.573 e. The molecular formula is C20H16F3N3O3. The number of nitrogens with zero attached hydrogens (tertiary/aromatic N) is 2. The summed E-state index contributed by atoms with van der Waals surface area (Å²) in [6, 6.07) is 12.7. The minimum Gasteiger partial charge on any atom is -0.491 e. The number of aromatic amines is 1. The molecule has 0 saturated carbocycles. The van der Waals surface area contributed by atoms with Crippen molar-refractivity contribution in [2.45, 2.75) is 12.9 Å². The van der Waals surface area contributed by atoms with Gasteiger partial charge in [0.1, 0.15) is 23.8 Å². The van der Waals surface area contributed by atoms with Gasteiger partial charge >= 0.3 is 6.36 Å². The molecule has 1 amide bonds. The molecule has 29 heavy (non-hydrogen) atoms. The predicted octanol–water partition coefficient (Wildman–Crippen LogP) is 4.01. The molecule has 0 unspecified atom stereocenters. The molecule has 0 spiro atoms. The second-order valence-electron chi connectivity index (χ2n) is 6.43. The van der Waals surface area contributed by atoms with E-state index in [2.05, 4.69) is 14.9 Å². The topological polar surface area (TPSA) is 67.5 Å². The molecular weight excluding hydrogens is 387 g/mol. The van der Waals surface area contributed by atoms with Gasteiger partial charge in [-0.05, 0) is 41.5 Å². The number of halogens is 3. The van der Waals surface area contributed by atoms with E-state index >= 15 is 0 Å². The van der Waals surface area contributed by atoms with Crippen LogP contribution in [0.25, 0.3) is 11.1 Å². The van der Waals surface area contributed by atoms with Crippen LogP contribution in [-0.2, 0) is 6.54 Å². The van der Waals surface area contributed by atoms with Crippen LogP contribution >= 0.6 is 0 Å². The summed E-state index contributed by atoms with van der Waals surface area (Å²) < 4.78 is 46.6. The average molecular weight is 403 g/mol. The van der Waals surface area contributed by atoms with E-state index in [0.717, 1.165) is 16.7 Å². The van der Waals surface area contributed by atoms with Gasteiger partial charge in [-0.3, -0.25) is 9.89 Å². The Kier molecular flexibility index (Phi) is 4.87. The Morgan fingerprint density at radius 2 is 1.86 bits per heavy atom. The molecule has 0 saturated heterocycles. The van der Waals surface area contributed by atoms with Crippen LogP contribution in [0.5, 0.6) is 11.5 Å². The van der Waals surface area contributed by atoms with Crippen LogP contribution in [0.15, 0.2) is 54.7 Å². The summed E-state index contributed by atoms with van der Waals surface area (Å²) in [5.74, 6) is 0.181. The first kappa shape index (κ1) is 18.9. The lowest BCUT2D eigenvalue weighted by molar-refractivity contribution is -0.274. The monoisotopic (exact) mass is 403 g/mol. The van der Waals surface area contributed by atoms with Crippen molar-refractivity contribution in [3.05, 3.63) is 66.0 Å². The number of amides is 1. The number of carbonyl (C=O) groups excluding carboxylic acids is 1. The highest BCUT2D eigenvalue weighted by Gasteiger charge is 2.31. The minimum atomic E-state index is -4.73. The average Bonchev–Trinajstić information content (AvgIpc) is 3.13. The molecule has 0 radical (unpaired) electrons. The zero-order valence-electron chi connectivity index (χ0n) is 15.1. The fraction of sp³-hybridized carbons (Fsp3) is 0.200. The van der Waals surface area contributed by atoms with Crippen LogP contribution in [0, 0.1) is 0 Å². The molecule has 4 rings (SSSR count). The van der Waals surface area contributed by atoms with Gasteiger partial charge in [-0.2, -0.15) is 5.10 Å². The summed E-state index contributed by atoms with van der Waals surface area (Å²) in [5, 5.41) is 6.55. The fourth-order valence-corrected chi connectivity index (χ4v) is 3.14. The molecule has 1 N–H and O–H groups in total. The van der Waals surface area contributed by atoms with Crippen LogP contribution in [0.4, 0.5) is 13.2 Å². The number of carbonyl (C=O) groups is 1. The number of rotatable bonds is 3. The van der Waals surface area contributed by atoms with Crippen LogP contribution in [-0.4, -0.2) is 40.5 Å². The summed E-state index contributed by atoms with van der Waals surface area (Å²) in [6.07, 6.45) is -3.15. The van der Waals surface area contributed by atoms with Crippen molar-refractivity contribution in [3.8, 4) is 22.6 Å². The maximum absolute atomic E-state index is 12.6. The first-order valence-corrected chi connectivity index (χ1v) is 8.80. The lowest BCUT2D eigenvalue weighted by atomic mass is 10.0. The minimum absolute atomic E-state index is 0.207. The van der Waals surface area contributed by atoms with Gasteiger partial charge in [-0.25, -0.2) is 0 Å². The third-order valence-corrected chi connectivity index (χ3v) is 4.47. The SMILES string of the molecule is O=C(c1cc[nH]n1)N1CCOc2ccc(-c3ccc(OC(F)(F)F)cc3)cc2C1. The van der Waals surface area contributed by atoms with E-state index in [1.165, 1.54) is 12.1 Å². The summed E-state index contributed by atoms with van der Waals surface area (Å²) >= 11 is 0. The standard InChI is InChI=1S/C20H16F3N3O3/c21-20(22,23)29-16-4-1-13(2-5-16)14-3-6-18-15(11-14)12-26(9-10-28-18)19(27)17-7-8-24-25-17/h1-8,11H,9-10,12H2,(H,24,25). The number of fused-ring (bicyclic) bond motifs is 1. The second kappa shape index (κ2) is 7.50. The summed E-state index contributed by atoms with van der Waals surface area (Å²) in [5.41, 5.74) is 2.64. The molecule has 0 bridgehead atoms. The first-order valence-electron chi connectivity index (χ1n) is 8.80. The van der Waals surface area contributed by atoms with E-state index in [1.54, 1.807) is 35.4 Å². The van der Waals surface area contributed by atoms with E-state index in [0.29, 0.717) is 31.1 Å². The molecule has 6 nitrogen and oxygen atoms in total. The number of hydrogen-bond acceptors (Lipinski definition) is 4. The van der Waals surface area contributed by atoms with Crippen LogP contribution in [0.1, 0.15) is 16.1 Å². The Bertz CT molecular complexity index is 1000. The highest BCUT2D eigenvalue weighted by Crippen LogP contribution is 2.31. The summed E-state index contributed by atoms with van der Waals surface area (Å²) in [7, 11) is 0. The van der Waals surface area contributed by atoms with Gasteiger partial charge in [0.2, 0.25) is 0 Å². The number of alkyl halides is 3. The van der Waals surface area contributed by atoms with Crippen molar-refractivity contribution in [1.82, 2.24) is 15.1 Å². The Morgan fingerprint density at radius 1 is 1.10 bits per heavy atom. The lowest BCUT2D eigenvalue weighted by Crippen LogP contribution is -2.32. The zero-order chi connectivity index (χ0) is 20.4. The Morgan fingerprint density at radius 3 is 2.55 bits per heavy atom. The van der Waals surface area contributed by atoms with Crippen molar-refractivity contribution in [1.29, 1.82) is 0 Å². The van der Waals surface area contributed by atoms with E-state index in [4.69, 9.17) is 4.74 Å². The molecule has 0 fully saturated rings. The van der Waals surface area contributed by atoms with Crippen LogP contribution in [0.2, 0.25) is 0 Å². The van der Waals surface area contributed by atoms with Gasteiger partial charge in [0.15, 0.2) is 0 Å². The van der Waals surface area contributed by atoms with Gasteiger partial charge < -0.3 is 14.4 Å². The maximum atomic E-state index is 12.6. The normalized spacial score (nSPS) is 14.0. The number of benzene rings is 2. The molecule has 1 aromatic heterocycles. The van der Waals surface area contributed by atoms with E-state index in [1.807, 2.05) is 12.1 Å². The largest absolute Gasteiger partial charge is 0.573 e. The summed E-state index contributed by atoms with van der Waals surface area (Å²) in [4.78, 5) is 14.3. The lowest BCUT2D eigenvalue weighted by Gasteiger charge is -2.18. The van der Waals surface area contributed by atoms with Crippen molar-refractivity contribution in [2.75, 3.05) is 13.2 Å². The Balaban J connectivity index is 1.57. The highest BCUT2D eigenvalue weighted by molar-refractivity contribution is 5.92. The molecule has 3 aromatic rings. The summed E-state index contributed by atoms with van der Waals surface area (Å²) in [6.45, 7) is 1.11. The van der Waals surface area contributed by atoms with Gasteiger partial charge in [0, 0.05) is 18.3 Å². The molecule has 2 heterocycles. The molecule has 1 aliphatic heterocycles. The molecule has 0 atom stereocenters. The number of hydrogen-bond donors (Lipinski definition) is 1. The van der Waals surface area contributed by atoms with Crippen molar-refractivity contribution < 1.29 is 27.4 Å². The van der Waals surface area contributed by atoms with Crippen molar-refractivity contribution in [2.24, 2.45) is 0 Å². The van der Waals surface area contributed by atoms with E-state index < -0.39 is 6.36 Å². The quantitative estimate of drug-likeness (QED) is 0.718. The molecule has 1 aliphatic rings. The van der Waals surface area contributed by atoms with Crippen molar-refractivity contribution in [3.63, 3.8) is 0 Å². The highest BCUT2D eigenvalue weighted by atomic mass is 19.4. The number of H-pyrrole nitrogens is 1. The molecule has 150 valence electrons. The fourth-order valence-electron chi connectivity index (χ4n) is 3.14. The predicted molar refractivity (Wildman–Crippen MR) is 97.4 cm³/mol. The number of ether oxygens (including phenoxy) is 2. The van der Waals surface area contributed by atoms with Crippen molar-refractivity contribution >= 4 is 5.91 Å². The van der Waals surface area contributed by atoms with Gasteiger partial charge in [-0.15, -0.1) is 13.2 Å². The molecule has 9 heteroatoms. The van der Waals surface area contributed by atoms with E-state index in [-0.39, 0.29) is 11.7 Å². The van der Waals surface area contributed by atoms with Crippen LogP contribution in [0.3, 0.4) is 0 Å². The number of nitrogens with one attached hydrogen (secondary N) is 1. The number of aromatic nitrogens is 2. The smallest absolute Gasteiger partial charge is 0.491 e. The third kappa shape index (κ3) is 4.34. The zero-order valence-corrected chi connectivity index (χ0v) is 15.1. The van der Waals surface area contributed by atoms with Crippen LogP contribution < -0.4 is 9.47 Å². The third-order valence-electron chi connectivity index (χ3n) is 4.47. The first-order chi connectivity index (χ1) is 13.9. The Hall–Kier alpha value is -3.49. The van der Waals surface area contributed by atoms with E-state index in [9.17, 15) is 18.0 Å². The van der Waals surface area contributed by atoms with Gasteiger partial charge in [-0.1, -0.05) is 18.2 Å². The second-order valence-corrected chi connectivity index (χ2v) is 6.43. The Labute approximate surface area is 163 Å². The molecule has 2 aromatic carbocycles. The van der Waals surface area contributed by atoms with Gasteiger partial charge in [0.05, 0.1) is 6.54 Å².